The lowest BCUT2D eigenvalue weighted by Gasteiger charge is -2.30. The number of likely N-dealkylation sites (tertiary alicyclic amines) is 1. The van der Waals surface area contributed by atoms with Crippen molar-refractivity contribution in [2.24, 2.45) is 5.73 Å². The summed E-state index contributed by atoms with van der Waals surface area (Å²) in [5.74, 6) is 0.729. The minimum absolute atomic E-state index is 0.300. The number of hydrogen-bond donors (Lipinski definition) is 1. The Hall–Kier alpha value is -0.130. The first-order chi connectivity index (χ1) is 6.57. The minimum Gasteiger partial charge on any atom is -0.326 e. The third-order valence-electron chi connectivity index (χ3n) is 3.30. The molecular weight excluding hydrogens is 200 g/mol. The van der Waals surface area contributed by atoms with E-state index in [2.05, 4.69) is 4.90 Å². The summed E-state index contributed by atoms with van der Waals surface area (Å²) in [6, 6.07) is 0.764. The molecule has 0 aromatic carbocycles. The lowest BCUT2D eigenvalue weighted by Crippen LogP contribution is -2.41. The average molecular weight is 218 g/mol. The van der Waals surface area contributed by atoms with Crippen LogP contribution in [-0.2, 0) is 9.84 Å². The summed E-state index contributed by atoms with van der Waals surface area (Å²) in [7, 11) is -2.72. The molecule has 0 aromatic heterocycles. The highest BCUT2D eigenvalue weighted by molar-refractivity contribution is 7.91. The van der Waals surface area contributed by atoms with Gasteiger partial charge in [-0.1, -0.05) is 0 Å². The van der Waals surface area contributed by atoms with E-state index in [9.17, 15) is 8.42 Å². The van der Waals surface area contributed by atoms with Gasteiger partial charge in [0.1, 0.15) is 9.84 Å². The Morgan fingerprint density at radius 1 is 1.14 bits per heavy atom. The topological polar surface area (TPSA) is 63.4 Å². The highest BCUT2D eigenvalue weighted by atomic mass is 32.2. The van der Waals surface area contributed by atoms with E-state index in [0.717, 1.165) is 32.4 Å². The Bertz CT molecular complexity index is 288. The summed E-state index contributed by atoms with van der Waals surface area (Å²) < 4.78 is 22.5. The van der Waals surface area contributed by atoms with Gasteiger partial charge in [-0.25, -0.2) is 8.42 Å². The highest BCUT2D eigenvalue weighted by Crippen LogP contribution is 2.21. The van der Waals surface area contributed by atoms with Crippen LogP contribution in [0.1, 0.15) is 19.3 Å². The van der Waals surface area contributed by atoms with Crippen molar-refractivity contribution in [2.75, 3.05) is 24.6 Å². The van der Waals surface area contributed by atoms with Crippen LogP contribution in [0.5, 0.6) is 0 Å². The first-order valence-corrected chi connectivity index (χ1v) is 7.09. The zero-order valence-corrected chi connectivity index (χ0v) is 9.17. The van der Waals surface area contributed by atoms with E-state index in [-0.39, 0.29) is 0 Å². The van der Waals surface area contributed by atoms with Crippen LogP contribution in [0.25, 0.3) is 0 Å². The smallest absolute Gasteiger partial charge is 0.150 e. The molecule has 0 aliphatic carbocycles. The van der Waals surface area contributed by atoms with Crippen LogP contribution in [0.4, 0.5) is 0 Å². The molecule has 82 valence electrons. The summed E-state index contributed by atoms with van der Waals surface area (Å²) in [5, 5.41) is 0. The highest BCUT2D eigenvalue weighted by Gasteiger charge is 2.31. The Morgan fingerprint density at radius 3 is 2.29 bits per heavy atom. The normalized spacial score (nSPS) is 34.8. The van der Waals surface area contributed by atoms with Crippen LogP contribution >= 0.6 is 0 Å². The molecule has 2 saturated heterocycles. The molecule has 1 atom stereocenters. The molecule has 2 aliphatic rings. The number of nitrogens with two attached hydrogens (primary N) is 1. The van der Waals surface area contributed by atoms with Gasteiger partial charge >= 0.3 is 0 Å². The summed E-state index contributed by atoms with van der Waals surface area (Å²) in [6.45, 7) is 2.00. The van der Waals surface area contributed by atoms with Gasteiger partial charge in [0.05, 0.1) is 11.5 Å². The number of nitrogens with zero attached hydrogens (tertiary/aromatic N) is 1. The Balaban J connectivity index is 1.89. The second-order valence-electron chi connectivity index (χ2n) is 4.43. The van der Waals surface area contributed by atoms with Gasteiger partial charge < -0.3 is 5.73 Å². The molecule has 0 amide bonds. The molecule has 2 fully saturated rings. The molecule has 2 heterocycles. The molecule has 0 bridgehead atoms. The van der Waals surface area contributed by atoms with Gasteiger partial charge in [-0.05, 0) is 19.3 Å². The second kappa shape index (κ2) is 3.79. The Labute approximate surface area is 85.4 Å². The Morgan fingerprint density at radius 2 is 1.79 bits per heavy atom. The van der Waals surface area contributed by atoms with Crippen molar-refractivity contribution in [3.05, 3.63) is 0 Å². The van der Waals surface area contributed by atoms with Crippen LogP contribution in [-0.4, -0.2) is 50.0 Å². The van der Waals surface area contributed by atoms with Crippen LogP contribution < -0.4 is 5.73 Å². The molecule has 5 heteroatoms. The van der Waals surface area contributed by atoms with Gasteiger partial charge in [0, 0.05) is 25.2 Å². The molecule has 0 radical (unpaired) electrons. The van der Waals surface area contributed by atoms with Crippen molar-refractivity contribution < 1.29 is 8.42 Å². The molecule has 2 N–H and O–H groups in total. The van der Waals surface area contributed by atoms with E-state index in [0.29, 0.717) is 23.6 Å². The molecule has 14 heavy (non-hydrogen) atoms. The lowest BCUT2D eigenvalue weighted by molar-refractivity contribution is 0.224. The van der Waals surface area contributed by atoms with Crippen molar-refractivity contribution in [1.29, 1.82) is 0 Å². The number of sulfone groups is 1. The predicted octanol–water partition coefficient (Wildman–Crippen LogP) is -0.403. The maximum absolute atomic E-state index is 11.2. The van der Waals surface area contributed by atoms with Crippen molar-refractivity contribution in [3.63, 3.8) is 0 Å². The van der Waals surface area contributed by atoms with Gasteiger partial charge in [-0.3, -0.25) is 4.90 Å². The monoisotopic (exact) mass is 218 g/mol. The van der Waals surface area contributed by atoms with Gasteiger partial charge in [-0.2, -0.15) is 0 Å². The molecule has 2 rings (SSSR count). The average Bonchev–Trinajstić information content (AvgIpc) is 2.52. The third-order valence-corrected chi connectivity index (χ3v) is 5.01. The van der Waals surface area contributed by atoms with Crippen LogP contribution in [0.3, 0.4) is 0 Å². The summed E-state index contributed by atoms with van der Waals surface area (Å²) in [4.78, 5) is 2.36. The third kappa shape index (κ3) is 2.27. The van der Waals surface area contributed by atoms with E-state index in [1.165, 1.54) is 0 Å². The van der Waals surface area contributed by atoms with Crippen molar-refractivity contribution >= 4 is 9.84 Å². The molecule has 0 spiro atoms. The molecule has 4 nitrogen and oxygen atoms in total. The molecule has 2 aliphatic heterocycles. The van der Waals surface area contributed by atoms with Crippen molar-refractivity contribution in [3.8, 4) is 0 Å². The van der Waals surface area contributed by atoms with Crippen LogP contribution in [0, 0.1) is 0 Å². The van der Waals surface area contributed by atoms with E-state index in [1.807, 2.05) is 0 Å². The predicted molar refractivity (Wildman–Crippen MR) is 55.8 cm³/mol. The summed E-state index contributed by atoms with van der Waals surface area (Å²) in [6.07, 6.45) is 2.66. The number of rotatable bonds is 1. The Kier molecular flexibility index (Phi) is 2.81. The molecule has 0 aromatic rings. The fraction of sp³-hybridized carbons (Fsp3) is 1.00. The van der Waals surface area contributed by atoms with Crippen molar-refractivity contribution in [2.45, 2.75) is 31.3 Å². The maximum Gasteiger partial charge on any atom is 0.150 e. The lowest BCUT2D eigenvalue weighted by atomic mass is 10.1. The summed E-state index contributed by atoms with van der Waals surface area (Å²) in [5.41, 5.74) is 5.83. The summed E-state index contributed by atoms with van der Waals surface area (Å²) >= 11 is 0. The minimum atomic E-state index is -2.72. The fourth-order valence-corrected chi connectivity index (χ4v) is 3.86. The maximum atomic E-state index is 11.2. The fourth-order valence-electron chi connectivity index (χ4n) is 2.39. The molecule has 1 unspecified atom stereocenters. The van der Waals surface area contributed by atoms with Crippen LogP contribution in [0.15, 0.2) is 0 Å². The van der Waals surface area contributed by atoms with E-state index in [4.69, 9.17) is 5.73 Å². The van der Waals surface area contributed by atoms with Gasteiger partial charge in [0.2, 0.25) is 0 Å². The first kappa shape index (κ1) is 10.4. The quantitative estimate of drug-likeness (QED) is 0.650. The van der Waals surface area contributed by atoms with Crippen LogP contribution in [0.2, 0.25) is 0 Å². The van der Waals surface area contributed by atoms with Gasteiger partial charge in [0.25, 0.3) is 0 Å². The zero-order valence-electron chi connectivity index (χ0n) is 8.35. The van der Waals surface area contributed by atoms with Gasteiger partial charge in [-0.15, -0.1) is 0 Å². The largest absolute Gasteiger partial charge is 0.326 e. The SMILES string of the molecule is NC1CCN(C2CCS(=O)(=O)CC2)C1. The number of hydrogen-bond acceptors (Lipinski definition) is 4. The van der Waals surface area contributed by atoms with E-state index >= 15 is 0 Å². The second-order valence-corrected chi connectivity index (χ2v) is 6.73. The van der Waals surface area contributed by atoms with E-state index in [1.54, 1.807) is 0 Å². The van der Waals surface area contributed by atoms with Crippen molar-refractivity contribution in [1.82, 2.24) is 4.90 Å². The first-order valence-electron chi connectivity index (χ1n) is 5.27. The zero-order chi connectivity index (χ0) is 10.2. The van der Waals surface area contributed by atoms with Gasteiger partial charge in [0.15, 0.2) is 0 Å². The molecular formula is C9H18N2O2S. The standard InChI is InChI=1S/C9H18N2O2S/c10-8-1-4-11(7-8)9-2-5-14(12,13)6-3-9/h8-9H,1-7,10H2. The molecule has 0 saturated carbocycles. The van der Waals surface area contributed by atoms with E-state index < -0.39 is 9.84 Å².